The average molecular weight is 383 g/mol. The molecule has 2 aliphatic rings. The lowest BCUT2D eigenvalue weighted by Gasteiger charge is -2.52. The minimum absolute atomic E-state index is 0.0623. The number of hydrogen-bond acceptors (Lipinski definition) is 7. The molecule has 0 radical (unpaired) electrons. The predicted molar refractivity (Wildman–Crippen MR) is 95.4 cm³/mol. The number of nitrogens with zero attached hydrogens (tertiary/aromatic N) is 1. The summed E-state index contributed by atoms with van der Waals surface area (Å²) in [4.78, 5) is 47.2. The molecule has 1 N–H and O–H groups in total. The van der Waals surface area contributed by atoms with Gasteiger partial charge in [-0.05, 0) is 31.5 Å². The molecule has 1 aliphatic carbocycles. The van der Waals surface area contributed by atoms with Gasteiger partial charge in [-0.2, -0.15) is 4.89 Å². The molecular formula is C20H17NO7. The zero-order valence-corrected chi connectivity index (χ0v) is 15.2. The number of carbonyl (C=O) groups is 2. The van der Waals surface area contributed by atoms with Crippen LogP contribution in [0.5, 0.6) is 0 Å². The molecule has 8 heteroatoms. The van der Waals surface area contributed by atoms with E-state index in [1.165, 1.54) is 37.3 Å². The van der Waals surface area contributed by atoms with E-state index in [2.05, 4.69) is 0 Å². The number of nitro benzene ring substituents is 1. The third-order valence-electron chi connectivity index (χ3n) is 5.70. The Bertz CT molecular complexity index is 1020. The van der Waals surface area contributed by atoms with Crippen LogP contribution in [0.25, 0.3) is 0 Å². The summed E-state index contributed by atoms with van der Waals surface area (Å²) in [5, 5.41) is 21.9. The van der Waals surface area contributed by atoms with E-state index in [0.29, 0.717) is 5.56 Å². The maximum absolute atomic E-state index is 13.2. The van der Waals surface area contributed by atoms with E-state index in [0.717, 1.165) is 0 Å². The van der Waals surface area contributed by atoms with Gasteiger partial charge in [-0.15, -0.1) is 0 Å². The standard InChI is InChI=1S/C20H17NO7/c1-18-11-19(2,12-7-9-13(10-8-12)21(25)26)27-28-20(18,24)17(23)15-6-4-3-5-14(15)16(18)22/h3-10,24H,11H2,1-2H3/t18-,19-,20+/m0/s1. The number of ketones is 2. The van der Waals surface area contributed by atoms with E-state index in [4.69, 9.17) is 9.78 Å². The summed E-state index contributed by atoms with van der Waals surface area (Å²) in [5.41, 5.74) is -2.10. The van der Waals surface area contributed by atoms with Crippen LogP contribution in [0.15, 0.2) is 48.5 Å². The fourth-order valence-electron chi connectivity index (χ4n) is 4.04. The largest absolute Gasteiger partial charge is 0.356 e. The van der Waals surface area contributed by atoms with Crippen molar-refractivity contribution in [1.82, 2.24) is 0 Å². The van der Waals surface area contributed by atoms with Crippen LogP contribution in [-0.4, -0.2) is 27.4 Å². The van der Waals surface area contributed by atoms with Crippen LogP contribution < -0.4 is 0 Å². The zero-order valence-electron chi connectivity index (χ0n) is 15.2. The van der Waals surface area contributed by atoms with E-state index in [1.54, 1.807) is 25.1 Å². The minimum Gasteiger partial charge on any atom is -0.356 e. The molecule has 2 aromatic carbocycles. The lowest BCUT2D eigenvalue weighted by molar-refractivity contribution is -0.492. The van der Waals surface area contributed by atoms with Gasteiger partial charge < -0.3 is 5.11 Å². The third kappa shape index (κ3) is 2.29. The summed E-state index contributed by atoms with van der Waals surface area (Å²) in [6.07, 6.45) is -0.0623. The highest BCUT2D eigenvalue weighted by molar-refractivity contribution is 6.20. The van der Waals surface area contributed by atoms with Crippen molar-refractivity contribution < 1.29 is 29.4 Å². The van der Waals surface area contributed by atoms with Gasteiger partial charge in [-0.3, -0.25) is 19.7 Å². The molecule has 28 heavy (non-hydrogen) atoms. The quantitative estimate of drug-likeness (QED) is 0.481. The summed E-state index contributed by atoms with van der Waals surface area (Å²) in [6, 6.07) is 11.9. The molecule has 0 saturated carbocycles. The van der Waals surface area contributed by atoms with Crippen LogP contribution in [0.4, 0.5) is 5.69 Å². The van der Waals surface area contributed by atoms with E-state index >= 15 is 0 Å². The molecule has 4 rings (SSSR count). The first kappa shape index (κ1) is 18.4. The van der Waals surface area contributed by atoms with Crippen molar-refractivity contribution in [2.75, 3.05) is 0 Å². The van der Waals surface area contributed by atoms with E-state index < -0.39 is 33.3 Å². The first-order valence-corrected chi connectivity index (χ1v) is 8.65. The molecule has 0 amide bonds. The monoisotopic (exact) mass is 383 g/mol. The normalized spacial score (nSPS) is 31.8. The fourth-order valence-corrected chi connectivity index (χ4v) is 4.04. The Labute approximate surface area is 159 Å². The Morgan fingerprint density at radius 2 is 1.54 bits per heavy atom. The second-order valence-corrected chi connectivity index (χ2v) is 7.56. The van der Waals surface area contributed by atoms with Gasteiger partial charge in [0.05, 0.1) is 10.3 Å². The van der Waals surface area contributed by atoms with Crippen molar-refractivity contribution in [3.05, 3.63) is 75.3 Å². The fraction of sp³-hybridized carbons (Fsp3) is 0.300. The summed E-state index contributed by atoms with van der Waals surface area (Å²) >= 11 is 0. The van der Waals surface area contributed by atoms with Gasteiger partial charge in [0.1, 0.15) is 5.60 Å². The van der Waals surface area contributed by atoms with Gasteiger partial charge in [0.15, 0.2) is 5.78 Å². The summed E-state index contributed by atoms with van der Waals surface area (Å²) in [7, 11) is 0. The highest BCUT2D eigenvalue weighted by atomic mass is 17.2. The number of carbonyl (C=O) groups excluding carboxylic acids is 2. The number of rotatable bonds is 2. The van der Waals surface area contributed by atoms with Gasteiger partial charge in [0, 0.05) is 29.7 Å². The molecule has 3 atom stereocenters. The average Bonchev–Trinajstić information content (AvgIpc) is 2.69. The molecule has 1 aliphatic heterocycles. The Hall–Kier alpha value is -2.94. The number of hydrogen-bond donors (Lipinski definition) is 1. The van der Waals surface area contributed by atoms with Crippen molar-refractivity contribution in [2.45, 2.75) is 31.7 Å². The lowest BCUT2D eigenvalue weighted by Crippen LogP contribution is -2.66. The molecule has 1 fully saturated rings. The molecule has 144 valence electrons. The van der Waals surface area contributed by atoms with Crippen molar-refractivity contribution >= 4 is 17.3 Å². The van der Waals surface area contributed by atoms with E-state index in [-0.39, 0.29) is 23.2 Å². The van der Waals surface area contributed by atoms with Crippen LogP contribution >= 0.6 is 0 Å². The molecule has 2 aromatic rings. The SMILES string of the molecule is C[C@@]12C[C@@](C)(c3ccc([N+](=O)[O-])cc3)OO[C@]1(O)C(=O)c1ccccc1C2=O. The van der Waals surface area contributed by atoms with Gasteiger partial charge in [0.2, 0.25) is 5.78 Å². The van der Waals surface area contributed by atoms with Crippen molar-refractivity contribution in [1.29, 1.82) is 0 Å². The second kappa shape index (κ2) is 5.78. The minimum atomic E-state index is -2.46. The number of benzene rings is 2. The Morgan fingerprint density at radius 1 is 0.964 bits per heavy atom. The molecular weight excluding hydrogens is 366 g/mol. The molecule has 0 spiro atoms. The smallest absolute Gasteiger partial charge is 0.275 e. The molecule has 0 bridgehead atoms. The summed E-state index contributed by atoms with van der Waals surface area (Å²) < 4.78 is 0. The first-order valence-electron chi connectivity index (χ1n) is 8.65. The molecule has 1 saturated heterocycles. The molecule has 8 nitrogen and oxygen atoms in total. The van der Waals surface area contributed by atoms with Crippen LogP contribution in [-0.2, 0) is 15.4 Å². The van der Waals surface area contributed by atoms with Crippen LogP contribution in [0, 0.1) is 15.5 Å². The van der Waals surface area contributed by atoms with Crippen LogP contribution in [0.1, 0.15) is 46.5 Å². The van der Waals surface area contributed by atoms with Gasteiger partial charge in [0.25, 0.3) is 11.5 Å². The van der Waals surface area contributed by atoms with Crippen molar-refractivity contribution in [3.8, 4) is 0 Å². The zero-order chi connectivity index (χ0) is 20.3. The highest BCUT2D eigenvalue weighted by Gasteiger charge is 2.68. The van der Waals surface area contributed by atoms with E-state index in [9.17, 15) is 24.8 Å². The number of nitro groups is 1. The highest BCUT2D eigenvalue weighted by Crippen LogP contribution is 2.54. The first-order chi connectivity index (χ1) is 13.1. The van der Waals surface area contributed by atoms with Crippen molar-refractivity contribution in [2.24, 2.45) is 5.41 Å². The van der Waals surface area contributed by atoms with Gasteiger partial charge in [-0.25, -0.2) is 4.89 Å². The Kier molecular flexibility index (Phi) is 3.80. The van der Waals surface area contributed by atoms with Crippen LogP contribution in [0.3, 0.4) is 0 Å². The summed E-state index contributed by atoms with van der Waals surface area (Å²) in [5.74, 6) is -3.63. The number of aliphatic hydroxyl groups is 1. The number of Topliss-reactive ketones (excluding diaryl/α,β-unsaturated/α-hetero) is 2. The number of fused-ring (bicyclic) bond motifs is 2. The molecule has 0 unspecified atom stereocenters. The second-order valence-electron chi connectivity index (χ2n) is 7.56. The van der Waals surface area contributed by atoms with Crippen molar-refractivity contribution in [3.63, 3.8) is 0 Å². The van der Waals surface area contributed by atoms with E-state index in [1.807, 2.05) is 0 Å². The Morgan fingerprint density at radius 3 is 2.11 bits per heavy atom. The van der Waals surface area contributed by atoms with Gasteiger partial charge in [-0.1, -0.05) is 24.3 Å². The lowest BCUT2D eigenvalue weighted by atomic mass is 9.61. The Balaban J connectivity index is 1.79. The van der Waals surface area contributed by atoms with Gasteiger partial charge >= 0.3 is 0 Å². The maximum Gasteiger partial charge on any atom is 0.275 e. The topological polar surface area (TPSA) is 116 Å². The summed E-state index contributed by atoms with van der Waals surface area (Å²) in [6.45, 7) is 3.10. The predicted octanol–water partition coefficient (Wildman–Crippen LogP) is 2.94. The molecule has 1 heterocycles. The number of non-ortho nitro benzene ring substituents is 1. The molecule has 0 aromatic heterocycles. The van der Waals surface area contributed by atoms with Crippen LogP contribution in [0.2, 0.25) is 0 Å². The maximum atomic E-state index is 13.2. The third-order valence-corrected chi connectivity index (χ3v) is 5.70.